The van der Waals surface area contributed by atoms with Gasteiger partial charge in [0.1, 0.15) is 24.1 Å². The molecular weight excluding hydrogens is 301 g/mol. The molecule has 118 valence electrons. The van der Waals surface area contributed by atoms with Crippen molar-refractivity contribution in [2.75, 3.05) is 5.32 Å². The molecule has 0 spiro atoms. The largest absolute Gasteiger partial charge is 0.322 e. The number of nitrogens with zero attached hydrogens (tertiary/aromatic N) is 4. The smallest absolute Gasteiger partial charge is 0.264 e. The first-order valence-electron chi connectivity index (χ1n) is 6.89. The van der Waals surface area contributed by atoms with Gasteiger partial charge in [-0.1, -0.05) is 6.07 Å². The summed E-state index contributed by atoms with van der Waals surface area (Å²) in [5, 5.41) is 6.74. The van der Waals surface area contributed by atoms with E-state index in [1.807, 2.05) is 0 Å². The lowest BCUT2D eigenvalue weighted by Crippen LogP contribution is -2.28. The minimum absolute atomic E-state index is 0.0819. The number of hydrogen-bond donors (Lipinski definition) is 1. The van der Waals surface area contributed by atoms with Crippen molar-refractivity contribution in [1.29, 1.82) is 0 Å². The molecular formula is C15H14FN5O2. The van der Waals surface area contributed by atoms with Gasteiger partial charge in [0.25, 0.3) is 5.56 Å². The molecule has 0 radical (unpaired) electrons. The lowest BCUT2D eigenvalue weighted by Gasteiger charge is -2.08. The van der Waals surface area contributed by atoms with Crippen molar-refractivity contribution in [3.05, 3.63) is 52.5 Å². The van der Waals surface area contributed by atoms with Crippen LogP contribution >= 0.6 is 0 Å². The Hall–Kier alpha value is -3.03. The van der Waals surface area contributed by atoms with E-state index < -0.39 is 11.7 Å². The van der Waals surface area contributed by atoms with Gasteiger partial charge in [0.15, 0.2) is 5.65 Å². The number of aryl methyl sites for hydroxylation is 2. The fraction of sp³-hybridized carbons (Fsp3) is 0.200. The second-order valence-corrected chi connectivity index (χ2v) is 5.21. The maximum absolute atomic E-state index is 13.7. The summed E-state index contributed by atoms with van der Waals surface area (Å²) in [7, 11) is 1.67. The second kappa shape index (κ2) is 5.64. The van der Waals surface area contributed by atoms with Gasteiger partial charge in [0.2, 0.25) is 5.91 Å². The average molecular weight is 315 g/mol. The quantitative estimate of drug-likeness (QED) is 0.788. The molecule has 1 aromatic carbocycles. The van der Waals surface area contributed by atoms with Crippen LogP contribution in [0.5, 0.6) is 0 Å². The van der Waals surface area contributed by atoms with Crippen LogP contribution in [0.3, 0.4) is 0 Å². The predicted octanol–water partition coefficient (Wildman–Crippen LogP) is 1.22. The third kappa shape index (κ3) is 2.83. The van der Waals surface area contributed by atoms with Crippen molar-refractivity contribution in [1.82, 2.24) is 19.3 Å². The Balaban J connectivity index is 1.84. The Morgan fingerprint density at radius 3 is 2.96 bits per heavy atom. The van der Waals surface area contributed by atoms with Crippen LogP contribution < -0.4 is 10.9 Å². The molecule has 3 aromatic rings. The third-order valence-electron chi connectivity index (χ3n) is 3.43. The molecule has 3 rings (SSSR count). The van der Waals surface area contributed by atoms with Gasteiger partial charge < -0.3 is 5.32 Å². The monoisotopic (exact) mass is 315 g/mol. The first-order chi connectivity index (χ1) is 11.0. The van der Waals surface area contributed by atoms with Gasteiger partial charge in [-0.15, -0.1) is 0 Å². The Morgan fingerprint density at radius 1 is 1.39 bits per heavy atom. The maximum atomic E-state index is 13.7. The SMILES string of the molecule is Cc1ccc(F)c(NC(=O)Cn2cnc3c(cnn3C)c2=O)c1. The molecule has 1 N–H and O–H groups in total. The van der Waals surface area contributed by atoms with E-state index in [0.717, 1.165) is 10.1 Å². The highest BCUT2D eigenvalue weighted by atomic mass is 19.1. The standard InChI is InChI=1S/C15H14FN5O2/c1-9-3-4-11(16)12(5-9)19-13(22)7-21-8-17-14-10(15(21)23)6-18-20(14)2/h3-6,8H,7H2,1-2H3,(H,19,22). The topological polar surface area (TPSA) is 81.8 Å². The van der Waals surface area contributed by atoms with Crippen molar-refractivity contribution >= 4 is 22.6 Å². The number of carbonyl (C=O) groups is 1. The van der Waals surface area contributed by atoms with E-state index >= 15 is 0 Å². The highest BCUT2D eigenvalue weighted by Gasteiger charge is 2.12. The highest BCUT2D eigenvalue weighted by Crippen LogP contribution is 2.15. The fourth-order valence-corrected chi connectivity index (χ4v) is 2.26. The number of amides is 1. The second-order valence-electron chi connectivity index (χ2n) is 5.21. The van der Waals surface area contributed by atoms with Crippen LogP contribution in [0, 0.1) is 12.7 Å². The number of aromatic nitrogens is 4. The van der Waals surface area contributed by atoms with Crippen LogP contribution in [0.25, 0.3) is 11.0 Å². The number of rotatable bonds is 3. The number of halogens is 1. The number of carbonyl (C=O) groups excluding carboxylic acids is 1. The molecule has 0 fully saturated rings. The van der Waals surface area contributed by atoms with Crippen LogP contribution in [-0.4, -0.2) is 25.2 Å². The highest BCUT2D eigenvalue weighted by molar-refractivity contribution is 5.90. The van der Waals surface area contributed by atoms with Gasteiger partial charge in [0.05, 0.1) is 11.9 Å². The molecule has 2 heterocycles. The number of nitrogens with one attached hydrogen (secondary N) is 1. The van der Waals surface area contributed by atoms with Gasteiger partial charge in [-0.2, -0.15) is 5.10 Å². The van der Waals surface area contributed by atoms with Crippen molar-refractivity contribution in [3.8, 4) is 0 Å². The first-order valence-corrected chi connectivity index (χ1v) is 6.89. The fourth-order valence-electron chi connectivity index (χ4n) is 2.26. The van der Waals surface area contributed by atoms with E-state index in [-0.39, 0.29) is 17.8 Å². The van der Waals surface area contributed by atoms with Crippen LogP contribution in [0.4, 0.5) is 10.1 Å². The summed E-state index contributed by atoms with van der Waals surface area (Å²) in [6.45, 7) is 1.53. The normalized spacial score (nSPS) is 10.9. The van der Waals surface area contributed by atoms with Gasteiger partial charge in [-0.3, -0.25) is 18.8 Å². The molecule has 0 aliphatic carbocycles. The molecule has 8 heteroatoms. The van der Waals surface area contributed by atoms with Crippen molar-refractivity contribution in [2.45, 2.75) is 13.5 Å². The van der Waals surface area contributed by atoms with Crippen molar-refractivity contribution in [2.24, 2.45) is 7.05 Å². The minimum atomic E-state index is -0.530. The van der Waals surface area contributed by atoms with E-state index in [0.29, 0.717) is 11.0 Å². The summed E-state index contributed by atoms with van der Waals surface area (Å²) in [6, 6.07) is 4.41. The van der Waals surface area contributed by atoms with Gasteiger partial charge >= 0.3 is 0 Å². The summed E-state index contributed by atoms with van der Waals surface area (Å²) in [5.74, 6) is -1.04. The van der Waals surface area contributed by atoms with E-state index in [1.54, 1.807) is 20.0 Å². The van der Waals surface area contributed by atoms with Gasteiger partial charge in [0, 0.05) is 7.05 Å². The Kier molecular flexibility index (Phi) is 3.65. The number of anilines is 1. The van der Waals surface area contributed by atoms with Gasteiger partial charge in [-0.25, -0.2) is 9.37 Å². The Bertz CT molecular complexity index is 960. The molecule has 2 aromatic heterocycles. The molecule has 7 nitrogen and oxygen atoms in total. The first kappa shape index (κ1) is 14.9. The summed E-state index contributed by atoms with van der Waals surface area (Å²) < 4.78 is 16.3. The summed E-state index contributed by atoms with van der Waals surface area (Å²) in [5.41, 5.74) is 0.968. The lowest BCUT2D eigenvalue weighted by atomic mass is 10.2. The van der Waals surface area contributed by atoms with E-state index in [9.17, 15) is 14.0 Å². The minimum Gasteiger partial charge on any atom is -0.322 e. The molecule has 0 bridgehead atoms. The number of fused-ring (bicyclic) bond motifs is 1. The molecule has 0 unspecified atom stereocenters. The zero-order valence-corrected chi connectivity index (χ0v) is 12.6. The lowest BCUT2D eigenvalue weighted by molar-refractivity contribution is -0.116. The molecule has 0 atom stereocenters. The van der Waals surface area contributed by atoms with Crippen LogP contribution in [0.1, 0.15) is 5.56 Å². The molecule has 0 saturated heterocycles. The van der Waals surface area contributed by atoms with Gasteiger partial charge in [-0.05, 0) is 24.6 Å². The molecule has 0 aliphatic heterocycles. The maximum Gasteiger partial charge on any atom is 0.264 e. The molecule has 0 saturated carbocycles. The van der Waals surface area contributed by atoms with E-state index in [4.69, 9.17) is 0 Å². The number of hydrogen-bond acceptors (Lipinski definition) is 4. The Morgan fingerprint density at radius 2 is 2.17 bits per heavy atom. The van der Waals surface area contributed by atoms with Crippen LogP contribution in [0.2, 0.25) is 0 Å². The van der Waals surface area contributed by atoms with Crippen molar-refractivity contribution < 1.29 is 9.18 Å². The number of benzene rings is 1. The third-order valence-corrected chi connectivity index (χ3v) is 3.43. The zero-order chi connectivity index (χ0) is 16.6. The van der Waals surface area contributed by atoms with Crippen LogP contribution in [0.15, 0.2) is 35.5 Å². The summed E-state index contributed by atoms with van der Waals surface area (Å²) in [6.07, 6.45) is 2.68. The Labute approximate surface area is 130 Å². The van der Waals surface area contributed by atoms with E-state index in [1.165, 1.54) is 29.3 Å². The predicted molar refractivity (Wildman–Crippen MR) is 82.5 cm³/mol. The molecule has 23 heavy (non-hydrogen) atoms. The van der Waals surface area contributed by atoms with Crippen molar-refractivity contribution in [3.63, 3.8) is 0 Å². The summed E-state index contributed by atoms with van der Waals surface area (Å²) >= 11 is 0. The zero-order valence-electron chi connectivity index (χ0n) is 12.6. The van der Waals surface area contributed by atoms with E-state index in [2.05, 4.69) is 15.4 Å². The molecule has 0 aliphatic rings. The molecule has 1 amide bonds. The summed E-state index contributed by atoms with van der Waals surface area (Å²) in [4.78, 5) is 28.4. The van der Waals surface area contributed by atoms with Crippen LogP contribution in [-0.2, 0) is 18.4 Å². The average Bonchev–Trinajstić information content (AvgIpc) is 2.88.